The van der Waals surface area contributed by atoms with Crippen LogP contribution < -0.4 is 5.32 Å². The molecule has 0 fully saturated rings. The number of halogens is 1. The minimum atomic E-state index is -0.433. The number of aliphatic hydroxyl groups excluding tert-OH is 1. The molecule has 5 heteroatoms. The highest BCUT2D eigenvalue weighted by atomic mass is 19.1. The smallest absolute Gasteiger partial charge is 0.257 e. The lowest BCUT2D eigenvalue weighted by molar-refractivity contribution is 0.102. The van der Waals surface area contributed by atoms with Crippen molar-refractivity contribution in [3.63, 3.8) is 0 Å². The topological polar surface area (TPSA) is 62.2 Å². The summed E-state index contributed by atoms with van der Waals surface area (Å²) in [5.74, 6) is 4.25. The Hall–Kier alpha value is -2.71. The van der Waals surface area contributed by atoms with E-state index in [9.17, 15) is 9.18 Å². The lowest BCUT2D eigenvalue weighted by atomic mass is 10.1. The zero-order valence-corrected chi connectivity index (χ0v) is 10.4. The summed E-state index contributed by atoms with van der Waals surface area (Å²) in [6.45, 7) is -0.306. The molecule has 100 valence electrons. The van der Waals surface area contributed by atoms with Crippen LogP contribution in [0.5, 0.6) is 0 Å². The van der Waals surface area contributed by atoms with Gasteiger partial charge in [-0.05, 0) is 24.3 Å². The molecule has 0 radical (unpaired) electrons. The summed E-state index contributed by atoms with van der Waals surface area (Å²) >= 11 is 0. The Morgan fingerprint density at radius 2 is 2.25 bits per heavy atom. The first-order valence-corrected chi connectivity index (χ1v) is 5.81. The number of benzene rings is 1. The maximum Gasteiger partial charge on any atom is 0.257 e. The number of anilines is 1. The molecule has 2 N–H and O–H groups in total. The van der Waals surface area contributed by atoms with Crippen LogP contribution in [0.1, 0.15) is 15.9 Å². The molecule has 0 atom stereocenters. The van der Waals surface area contributed by atoms with Crippen LogP contribution in [-0.2, 0) is 0 Å². The van der Waals surface area contributed by atoms with E-state index in [1.54, 1.807) is 6.07 Å². The van der Waals surface area contributed by atoms with Crippen molar-refractivity contribution in [2.45, 2.75) is 0 Å². The molecule has 0 spiro atoms. The molecule has 2 aromatic rings. The maximum atomic E-state index is 13.1. The molecule has 20 heavy (non-hydrogen) atoms. The standard InChI is InChI=1S/C15H11FN2O2/c16-12-4-1-5-13(9-12)18-15(20)14-6-7-17-10-11(14)3-2-8-19/h1,4-7,9-10,19H,8H2,(H,18,20). The van der Waals surface area contributed by atoms with E-state index in [0.717, 1.165) is 0 Å². The van der Waals surface area contributed by atoms with Crippen LogP contribution in [0.3, 0.4) is 0 Å². The van der Waals surface area contributed by atoms with Crippen molar-refractivity contribution in [1.82, 2.24) is 4.98 Å². The zero-order valence-electron chi connectivity index (χ0n) is 10.4. The average molecular weight is 270 g/mol. The van der Waals surface area contributed by atoms with Crippen molar-refractivity contribution < 1.29 is 14.3 Å². The fraction of sp³-hybridized carbons (Fsp3) is 0.0667. The summed E-state index contributed by atoms with van der Waals surface area (Å²) in [5.41, 5.74) is 1.06. The van der Waals surface area contributed by atoms with Gasteiger partial charge < -0.3 is 10.4 Å². The average Bonchev–Trinajstić information content (AvgIpc) is 2.45. The van der Waals surface area contributed by atoms with E-state index in [-0.39, 0.29) is 6.61 Å². The molecule has 4 nitrogen and oxygen atoms in total. The number of carbonyl (C=O) groups is 1. The molecule has 2 rings (SSSR count). The summed E-state index contributed by atoms with van der Waals surface area (Å²) in [7, 11) is 0. The van der Waals surface area contributed by atoms with Crippen LogP contribution in [0.2, 0.25) is 0 Å². The highest BCUT2D eigenvalue weighted by Crippen LogP contribution is 2.12. The van der Waals surface area contributed by atoms with Crippen LogP contribution in [0, 0.1) is 17.7 Å². The number of hydrogen-bond donors (Lipinski definition) is 2. The van der Waals surface area contributed by atoms with Crippen LogP contribution >= 0.6 is 0 Å². The summed E-state index contributed by atoms with van der Waals surface area (Å²) in [4.78, 5) is 16.0. The van der Waals surface area contributed by atoms with Gasteiger partial charge >= 0.3 is 0 Å². The van der Waals surface area contributed by atoms with Gasteiger partial charge in [0.25, 0.3) is 5.91 Å². The Balaban J connectivity index is 2.25. The zero-order chi connectivity index (χ0) is 14.4. The predicted molar refractivity (Wildman–Crippen MR) is 72.6 cm³/mol. The van der Waals surface area contributed by atoms with Gasteiger partial charge in [0, 0.05) is 18.1 Å². The number of amides is 1. The van der Waals surface area contributed by atoms with Crippen LogP contribution in [0.15, 0.2) is 42.7 Å². The summed E-state index contributed by atoms with van der Waals surface area (Å²) in [6.07, 6.45) is 2.90. The number of nitrogens with one attached hydrogen (secondary N) is 1. The third-order valence-corrected chi connectivity index (χ3v) is 2.45. The Labute approximate surface area is 115 Å². The quantitative estimate of drug-likeness (QED) is 0.818. The molecule has 1 heterocycles. The van der Waals surface area contributed by atoms with E-state index in [1.165, 1.54) is 36.7 Å². The van der Waals surface area contributed by atoms with Crippen molar-refractivity contribution in [1.29, 1.82) is 0 Å². The van der Waals surface area contributed by atoms with E-state index < -0.39 is 11.7 Å². The van der Waals surface area contributed by atoms with E-state index in [4.69, 9.17) is 5.11 Å². The van der Waals surface area contributed by atoms with Gasteiger partial charge in [0.2, 0.25) is 0 Å². The first kappa shape index (κ1) is 13.7. The molecule has 0 unspecified atom stereocenters. The SMILES string of the molecule is O=C(Nc1cccc(F)c1)c1ccncc1C#CCO. The lowest BCUT2D eigenvalue weighted by Crippen LogP contribution is -2.13. The highest BCUT2D eigenvalue weighted by molar-refractivity contribution is 6.05. The fourth-order valence-corrected chi connectivity index (χ4v) is 1.59. The van der Waals surface area contributed by atoms with E-state index in [0.29, 0.717) is 16.8 Å². The second-order valence-corrected chi connectivity index (χ2v) is 3.85. The third-order valence-electron chi connectivity index (χ3n) is 2.45. The van der Waals surface area contributed by atoms with Gasteiger partial charge in [0.05, 0.1) is 11.1 Å². The molecule has 0 aliphatic heterocycles. The Morgan fingerprint density at radius 3 is 3.00 bits per heavy atom. The summed E-state index contributed by atoms with van der Waals surface area (Å²) in [6, 6.07) is 7.11. The second-order valence-electron chi connectivity index (χ2n) is 3.85. The number of aliphatic hydroxyl groups is 1. The molecule has 0 aliphatic carbocycles. The fourth-order valence-electron chi connectivity index (χ4n) is 1.59. The van der Waals surface area contributed by atoms with Gasteiger partial charge in [-0.25, -0.2) is 4.39 Å². The minimum Gasteiger partial charge on any atom is -0.384 e. The van der Waals surface area contributed by atoms with Gasteiger partial charge in [-0.3, -0.25) is 9.78 Å². The predicted octanol–water partition coefficient (Wildman–Crippen LogP) is 1.82. The first-order chi connectivity index (χ1) is 9.70. The molecule has 1 aromatic carbocycles. The molecule has 0 aliphatic rings. The number of pyridine rings is 1. The van der Waals surface area contributed by atoms with Crippen LogP contribution in [-0.4, -0.2) is 22.6 Å². The van der Waals surface area contributed by atoms with Crippen molar-refractivity contribution in [3.8, 4) is 11.8 Å². The highest BCUT2D eigenvalue weighted by Gasteiger charge is 2.10. The second kappa shape index (κ2) is 6.45. The van der Waals surface area contributed by atoms with Crippen molar-refractivity contribution in [2.75, 3.05) is 11.9 Å². The van der Waals surface area contributed by atoms with Crippen LogP contribution in [0.25, 0.3) is 0 Å². The van der Waals surface area contributed by atoms with Gasteiger partial charge in [0.15, 0.2) is 0 Å². The first-order valence-electron chi connectivity index (χ1n) is 5.81. The van der Waals surface area contributed by atoms with Gasteiger partial charge in [-0.2, -0.15) is 0 Å². The molecule has 0 saturated carbocycles. The molecule has 1 aromatic heterocycles. The Bertz CT molecular complexity index is 690. The molecule has 0 saturated heterocycles. The minimum absolute atomic E-state index is 0.306. The van der Waals surface area contributed by atoms with E-state index in [1.807, 2.05) is 0 Å². The Kier molecular flexibility index (Phi) is 4.43. The van der Waals surface area contributed by atoms with Gasteiger partial charge in [0.1, 0.15) is 12.4 Å². The molecular formula is C15H11FN2O2. The van der Waals surface area contributed by atoms with E-state index >= 15 is 0 Å². The number of aromatic nitrogens is 1. The normalized spacial score (nSPS) is 9.50. The van der Waals surface area contributed by atoms with Crippen LogP contribution in [0.4, 0.5) is 10.1 Å². The monoisotopic (exact) mass is 270 g/mol. The van der Waals surface area contributed by atoms with Crippen molar-refractivity contribution in [3.05, 3.63) is 59.7 Å². The molecular weight excluding hydrogens is 259 g/mol. The van der Waals surface area contributed by atoms with Crippen molar-refractivity contribution in [2.24, 2.45) is 0 Å². The number of nitrogens with zero attached hydrogens (tertiary/aromatic N) is 1. The van der Waals surface area contributed by atoms with E-state index in [2.05, 4.69) is 22.1 Å². The Morgan fingerprint density at radius 1 is 1.40 bits per heavy atom. The lowest BCUT2D eigenvalue weighted by Gasteiger charge is -2.06. The van der Waals surface area contributed by atoms with Gasteiger partial charge in [-0.15, -0.1) is 0 Å². The third kappa shape index (κ3) is 3.40. The number of rotatable bonds is 2. The summed E-state index contributed by atoms with van der Waals surface area (Å²) in [5, 5.41) is 11.3. The van der Waals surface area contributed by atoms with Gasteiger partial charge in [-0.1, -0.05) is 17.9 Å². The summed E-state index contributed by atoms with van der Waals surface area (Å²) < 4.78 is 13.1. The largest absolute Gasteiger partial charge is 0.384 e. The maximum absolute atomic E-state index is 13.1. The number of carbonyl (C=O) groups excluding carboxylic acids is 1. The molecule has 1 amide bonds. The van der Waals surface area contributed by atoms with Crippen molar-refractivity contribution >= 4 is 11.6 Å². The number of hydrogen-bond acceptors (Lipinski definition) is 3. The molecule has 0 bridgehead atoms.